The zero-order chi connectivity index (χ0) is 18.8. The van der Waals surface area contributed by atoms with Gasteiger partial charge < -0.3 is 5.11 Å². The Kier molecular flexibility index (Phi) is 4.22. The lowest BCUT2D eigenvalue weighted by molar-refractivity contribution is 0.0697. The summed E-state index contributed by atoms with van der Waals surface area (Å²) in [4.78, 5) is 33.1. The molecule has 0 saturated carbocycles. The Hall–Kier alpha value is -3.80. The highest BCUT2D eigenvalue weighted by molar-refractivity contribution is 5.87. The molecule has 0 radical (unpaired) electrons. The quantitative estimate of drug-likeness (QED) is 0.607. The third-order valence-corrected chi connectivity index (χ3v) is 4.27. The molecule has 0 fully saturated rings. The number of benzene rings is 2. The monoisotopic (exact) mass is 357 g/mol. The van der Waals surface area contributed by atoms with Crippen LogP contribution in [0.4, 0.5) is 0 Å². The van der Waals surface area contributed by atoms with Gasteiger partial charge in [0.1, 0.15) is 11.2 Å². The first-order valence-corrected chi connectivity index (χ1v) is 8.38. The van der Waals surface area contributed by atoms with Crippen molar-refractivity contribution < 1.29 is 9.90 Å². The molecule has 0 aliphatic carbocycles. The van der Waals surface area contributed by atoms with Crippen LogP contribution in [0.5, 0.6) is 0 Å². The molecule has 4 aromatic rings. The molecule has 2 aromatic carbocycles. The van der Waals surface area contributed by atoms with Crippen LogP contribution in [0.15, 0.2) is 77.7 Å². The first-order valence-electron chi connectivity index (χ1n) is 8.38. The van der Waals surface area contributed by atoms with E-state index in [1.165, 1.54) is 16.7 Å². The van der Waals surface area contributed by atoms with Crippen molar-refractivity contribution >= 4 is 17.1 Å². The summed E-state index contributed by atoms with van der Waals surface area (Å²) in [6.07, 6.45) is 2.00. The molecule has 6 nitrogen and oxygen atoms in total. The van der Waals surface area contributed by atoms with E-state index in [9.17, 15) is 9.59 Å². The molecule has 132 valence electrons. The van der Waals surface area contributed by atoms with E-state index in [2.05, 4.69) is 9.97 Å². The highest BCUT2D eigenvalue weighted by Crippen LogP contribution is 2.16. The number of hydrogen-bond donors (Lipinski definition) is 1. The highest BCUT2D eigenvalue weighted by Gasteiger charge is 2.14. The minimum absolute atomic E-state index is 0.155. The minimum atomic E-state index is -1.02. The van der Waals surface area contributed by atoms with Gasteiger partial charge in [0, 0.05) is 12.6 Å². The molecule has 0 saturated heterocycles. The van der Waals surface area contributed by atoms with E-state index in [4.69, 9.17) is 5.11 Å². The third-order valence-electron chi connectivity index (χ3n) is 4.27. The van der Waals surface area contributed by atoms with E-state index in [0.29, 0.717) is 29.0 Å². The summed E-state index contributed by atoms with van der Waals surface area (Å²) in [5.74, 6) is -1.02. The van der Waals surface area contributed by atoms with E-state index in [-0.39, 0.29) is 11.1 Å². The molecular weight excluding hydrogens is 342 g/mol. The van der Waals surface area contributed by atoms with Crippen LogP contribution in [0.2, 0.25) is 0 Å². The van der Waals surface area contributed by atoms with Gasteiger partial charge in [0.05, 0.1) is 11.3 Å². The predicted octanol–water partition coefficient (Wildman–Crippen LogP) is 3.07. The van der Waals surface area contributed by atoms with Gasteiger partial charge in [-0.15, -0.1) is 0 Å². The van der Waals surface area contributed by atoms with Crippen molar-refractivity contribution in [2.75, 3.05) is 0 Å². The molecule has 0 aliphatic rings. The molecule has 6 heteroatoms. The Bertz CT molecular complexity index is 1180. The summed E-state index contributed by atoms with van der Waals surface area (Å²) in [5.41, 5.74) is 2.86. The Labute approximate surface area is 154 Å². The second-order valence-corrected chi connectivity index (χ2v) is 6.06. The fourth-order valence-corrected chi connectivity index (χ4v) is 2.96. The largest absolute Gasteiger partial charge is 0.478 e. The molecule has 0 unspecified atom stereocenters. The molecule has 0 amide bonds. The molecule has 27 heavy (non-hydrogen) atoms. The fraction of sp³-hybridized carbons (Fsp3) is 0.0476. The van der Waals surface area contributed by atoms with Gasteiger partial charge in [0.25, 0.3) is 5.56 Å². The van der Waals surface area contributed by atoms with Gasteiger partial charge in [0.15, 0.2) is 5.65 Å². The number of fused-ring (bicyclic) bond motifs is 1. The summed E-state index contributed by atoms with van der Waals surface area (Å²) in [5, 5.41) is 9.09. The first kappa shape index (κ1) is 16.7. The van der Waals surface area contributed by atoms with Gasteiger partial charge in [-0.05, 0) is 42.0 Å². The number of carbonyl (C=O) groups is 1. The summed E-state index contributed by atoms with van der Waals surface area (Å²) in [7, 11) is 0. The van der Waals surface area contributed by atoms with Gasteiger partial charge in [-0.1, -0.05) is 30.3 Å². The standard InChI is InChI=1S/C21H15N3O3/c25-20-18(13-14-5-2-1-3-6-14)23-17-7-4-12-22-19(17)24(20)16-10-8-15(9-11-16)21(26)27/h1-12H,13H2,(H,26,27). The maximum atomic E-state index is 13.2. The Morgan fingerprint density at radius 1 is 0.963 bits per heavy atom. The molecule has 1 N–H and O–H groups in total. The van der Waals surface area contributed by atoms with Crippen molar-refractivity contribution in [1.82, 2.24) is 14.5 Å². The second-order valence-electron chi connectivity index (χ2n) is 6.06. The average Bonchev–Trinajstić information content (AvgIpc) is 2.69. The number of aromatic carboxylic acids is 1. The zero-order valence-electron chi connectivity index (χ0n) is 14.2. The van der Waals surface area contributed by atoms with E-state index >= 15 is 0 Å². The third kappa shape index (κ3) is 3.20. The summed E-state index contributed by atoms with van der Waals surface area (Å²) >= 11 is 0. The fourth-order valence-electron chi connectivity index (χ4n) is 2.96. The number of aromatic nitrogens is 3. The number of hydrogen-bond acceptors (Lipinski definition) is 4. The van der Waals surface area contributed by atoms with Crippen LogP contribution in [0, 0.1) is 0 Å². The van der Waals surface area contributed by atoms with Crippen molar-refractivity contribution in [3.8, 4) is 5.69 Å². The van der Waals surface area contributed by atoms with Crippen LogP contribution in [0.25, 0.3) is 16.9 Å². The van der Waals surface area contributed by atoms with E-state index in [0.717, 1.165) is 5.56 Å². The minimum Gasteiger partial charge on any atom is -0.478 e. The molecule has 0 aliphatic heterocycles. The topological polar surface area (TPSA) is 85.1 Å². The van der Waals surface area contributed by atoms with Crippen LogP contribution in [0.3, 0.4) is 0 Å². The van der Waals surface area contributed by atoms with Crippen molar-refractivity contribution in [1.29, 1.82) is 0 Å². The van der Waals surface area contributed by atoms with E-state index in [1.807, 2.05) is 30.3 Å². The Morgan fingerprint density at radius 2 is 1.70 bits per heavy atom. The molecular formula is C21H15N3O3. The summed E-state index contributed by atoms with van der Waals surface area (Å²) in [6.45, 7) is 0. The normalized spacial score (nSPS) is 10.8. The Balaban J connectivity index is 1.91. The second kappa shape index (κ2) is 6.84. The summed E-state index contributed by atoms with van der Waals surface area (Å²) in [6, 6.07) is 19.4. The van der Waals surface area contributed by atoms with Gasteiger partial charge in [-0.25, -0.2) is 14.8 Å². The molecule has 0 atom stereocenters. The lowest BCUT2D eigenvalue weighted by atomic mass is 10.1. The van der Waals surface area contributed by atoms with Crippen LogP contribution < -0.4 is 5.56 Å². The number of carboxylic acid groups (broad SMARTS) is 1. The molecule has 2 heterocycles. The Morgan fingerprint density at radius 3 is 2.41 bits per heavy atom. The van der Waals surface area contributed by atoms with Gasteiger partial charge in [-0.2, -0.15) is 0 Å². The lowest BCUT2D eigenvalue weighted by Crippen LogP contribution is -2.25. The predicted molar refractivity (Wildman–Crippen MR) is 101 cm³/mol. The highest BCUT2D eigenvalue weighted by atomic mass is 16.4. The van der Waals surface area contributed by atoms with Crippen LogP contribution in [-0.2, 0) is 6.42 Å². The smallest absolute Gasteiger partial charge is 0.335 e. The number of pyridine rings is 1. The zero-order valence-corrected chi connectivity index (χ0v) is 14.2. The van der Waals surface area contributed by atoms with Crippen LogP contribution >= 0.6 is 0 Å². The van der Waals surface area contributed by atoms with Crippen LogP contribution in [-0.4, -0.2) is 25.6 Å². The van der Waals surface area contributed by atoms with Gasteiger partial charge in [0.2, 0.25) is 0 Å². The molecule has 0 spiro atoms. The van der Waals surface area contributed by atoms with Crippen molar-refractivity contribution in [2.24, 2.45) is 0 Å². The van der Waals surface area contributed by atoms with Gasteiger partial charge in [-0.3, -0.25) is 9.36 Å². The maximum Gasteiger partial charge on any atom is 0.335 e. The lowest BCUT2D eigenvalue weighted by Gasteiger charge is -2.12. The van der Waals surface area contributed by atoms with Crippen molar-refractivity contribution in [3.63, 3.8) is 0 Å². The SMILES string of the molecule is O=C(O)c1ccc(-n2c(=O)c(Cc3ccccc3)nc3cccnc32)cc1. The first-order chi connectivity index (χ1) is 13.1. The van der Waals surface area contributed by atoms with Crippen molar-refractivity contribution in [2.45, 2.75) is 6.42 Å². The van der Waals surface area contributed by atoms with Gasteiger partial charge >= 0.3 is 5.97 Å². The number of carboxylic acids is 1. The molecule has 0 bridgehead atoms. The maximum absolute atomic E-state index is 13.2. The number of rotatable bonds is 4. The van der Waals surface area contributed by atoms with E-state index in [1.54, 1.807) is 30.5 Å². The average molecular weight is 357 g/mol. The number of nitrogens with zero attached hydrogens (tertiary/aromatic N) is 3. The van der Waals surface area contributed by atoms with Crippen molar-refractivity contribution in [3.05, 3.63) is 100 Å². The van der Waals surface area contributed by atoms with E-state index < -0.39 is 5.97 Å². The van der Waals surface area contributed by atoms with Crippen LogP contribution in [0.1, 0.15) is 21.6 Å². The molecule has 4 rings (SSSR count). The summed E-state index contributed by atoms with van der Waals surface area (Å²) < 4.78 is 1.48. The molecule has 2 aromatic heterocycles.